The Labute approximate surface area is 126 Å². The molecule has 2 atom stereocenters. The van der Waals surface area contributed by atoms with Gasteiger partial charge in [-0.15, -0.1) is 30.6 Å². The molecule has 0 aromatic carbocycles. The van der Waals surface area contributed by atoms with E-state index in [0.717, 1.165) is 17.8 Å². The number of aliphatic imine (C=N–C) groups is 1. The third-order valence-corrected chi connectivity index (χ3v) is 3.88. The summed E-state index contributed by atoms with van der Waals surface area (Å²) in [5.74, 6) is 0.925. The van der Waals surface area contributed by atoms with Crippen LogP contribution in [0.15, 0.2) is 17.6 Å². The molecule has 1 fully saturated rings. The fraction of sp³-hybridized carbons (Fsp3) is 0.750. The average molecular weight is 369 g/mol. The minimum Gasteiger partial charge on any atom is -0.357 e. The minimum absolute atomic E-state index is 0. The molecule has 0 saturated heterocycles. The van der Waals surface area contributed by atoms with Gasteiger partial charge in [-0.2, -0.15) is 11.8 Å². The highest BCUT2D eigenvalue weighted by Crippen LogP contribution is 2.27. The lowest BCUT2D eigenvalue weighted by molar-refractivity contribution is 0.616. The SMILES string of the molecule is C=CCN=C(NCC)NC1CCC(SC)C1.I. The normalized spacial score (nSPS) is 24.0. The Kier molecular flexibility index (Phi) is 10.1. The summed E-state index contributed by atoms with van der Waals surface area (Å²) in [7, 11) is 0. The molecule has 3 nitrogen and oxygen atoms in total. The van der Waals surface area contributed by atoms with Gasteiger partial charge in [-0.3, -0.25) is 0 Å². The zero-order valence-electron chi connectivity index (χ0n) is 10.7. The van der Waals surface area contributed by atoms with Gasteiger partial charge in [0.05, 0.1) is 6.54 Å². The van der Waals surface area contributed by atoms with E-state index in [0.29, 0.717) is 12.6 Å². The van der Waals surface area contributed by atoms with Crippen LogP contribution in [-0.4, -0.2) is 36.6 Å². The van der Waals surface area contributed by atoms with Crippen molar-refractivity contribution in [3.8, 4) is 0 Å². The van der Waals surface area contributed by atoms with Gasteiger partial charge in [-0.1, -0.05) is 6.08 Å². The van der Waals surface area contributed by atoms with Gasteiger partial charge in [0.25, 0.3) is 0 Å². The number of guanidine groups is 1. The van der Waals surface area contributed by atoms with Gasteiger partial charge in [-0.05, 0) is 32.4 Å². The molecular formula is C12H24IN3S. The van der Waals surface area contributed by atoms with Crippen LogP contribution in [-0.2, 0) is 0 Å². The second-order valence-corrected chi connectivity index (χ2v) is 5.16. The van der Waals surface area contributed by atoms with E-state index in [1.807, 2.05) is 17.8 Å². The first-order chi connectivity index (χ1) is 7.80. The van der Waals surface area contributed by atoms with Gasteiger partial charge in [0.2, 0.25) is 0 Å². The molecule has 0 heterocycles. The van der Waals surface area contributed by atoms with Crippen molar-refractivity contribution in [1.82, 2.24) is 10.6 Å². The van der Waals surface area contributed by atoms with Crippen molar-refractivity contribution in [2.45, 2.75) is 37.5 Å². The van der Waals surface area contributed by atoms with Crippen LogP contribution >= 0.6 is 35.7 Å². The molecule has 17 heavy (non-hydrogen) atoms. The fourth-order valence-corrected chi connectivity index (χ4v) is 2.75. The van der Waals surface area contributed by atoms with Crippen molar-refractivity contribution in [3.05, 3.63) is 12.7 Å². The van der Waals surface area contributed by atoms with Gasteiger partial charge in [0.1, 0.15) is 0 Å². The molecule has 0 aromatic heterocycles. The smallest absolute Gasteiger partial charge is 0.191 e. The molecule has 1 aliphatic carbocycles. The van der Waals surface area contributed by atoms with Crippen molar-refractivity contribution in [2.75, 3.05) is 19.3 Å². The quantitative estimate of drug-likeness (QED) is 0.339. The number of hydrogen-bond donors (Lipinski definition) is 2. The van der Waals surface area contributed by atoms with Crippen LogP contribution in [0.1, 0.15) is 26.2 Å². The molecule has 0 amide bonds. The van der Waals surface area contributed by atoms with Crippen LogP contribution in [0.4, 0.5) is 0 Å². The number of rotatable bonds is 5. The van der Waals surface area contributed by atoms with E-state index in [-0.39, 0.29) is 24.0 Å². The summed E-state index contributed by atoms with van der Waals surface area (Å²) in [6, 6.07) is 0.583. The maximum atomic E-state index is 4.42. The van der Waals surface area contributed by atoms with Gasteiger partial charge in [-0.25, -0.2) is 4.99 Å². The van der Waals surface area contributed by atoms with E-state index in [1.54, 1.807) is 0 Å². The lowest BCUT2D eigenvalue weighted by Crippen LogP contribution is -2.42. The lowest BCUT2D eigenvalue weighted by Gasteiger charge is -2.16. The summed E-state index contributed by atoms with van der Waals surface area (Å²) in [5.41, 5.74) is 0. The van der Waals surface area contributed by atoms with E-state index in [2.05, 4.69) is 35.4 Å². The van der Waals surface area contributed by atoms with E-state index >= 15 is 0 Å². The number of nitrogens with zero attached hydrogens (tertiary/aromatic N) is 1. The fourth-order valence-electron chi connectivity index (χ4n) is 1.95. The molecule has 1 rings (SSSR count). The van der Waals surface area contributed by atoms with Crippen molar-refractivity contribution >= 4 is 41.7 Å². The van der Waals surface area contributed by atoms with Crippen LogP contribution in [0.3, 0.4) is 0 Å². The maximum absolute atomic E-state index is 4.42. The van der Waals surface area contributed by atoms with Crippen molar-refractivity contribution < 1.29 is 0 Å². The molecular weight excluding hydrogens is 345 g/mol. The molecule has 5 heteroatoms. The molecule has 1 saturated carbocycles. The standard InChI is InChI=1S/C12H23N3S.HI/c1-4-8-14-12(13-5-2)15-10-6-7-11(9-10)16-3;/h4,10-11H,1,5-9H2,2-3H3,(H2,13,14,15);1H. The van der Waals surface area contributed by atoms with Gasteiger partial charge in [0, 0.05) is 17.8 Å². The summed E-state index contributed by atoms with van der Waals surface area (Å²) in [4.78, 5) is 4.42. The largest absolute Gasteiger partial charge is 0.357 e. The third-order valence-electron chi connectivity index (χ3n) is 2.78. The first-order valence-electron chi connectivity index (χ1n) is 5.98. The Hall–Kier alpha value is 0.0900. The van der Waals surface area contributed by atoms with E-state index in [4.69, 9.17) is 0 Å². The molecule has 0 bridgehead atoms. The summed E-state index contributed by atoms with van der Waals surface area (Å²) in [6.07, 6.45) is 7.84. The zero-order chi connectivity index (χ0) is 11.8. The van der Waals surface area contributed by atoms with Gasteiger partial charge < -0.3 is 10.6 Å². The van der Waals surface area contributed by atoms with Crippen molar-refractivity contribution in [1.29, 1.82) is 0 Å². The highest BCUT2D eigenvalue weighted by molar-refractivity contribution is 14.0. The highest BCUT2D eigenvalue weighted by atomic mass is 127. The van der Waals surface area contributed by atoms with E-state index in [9.17, 15) is 0 Å². The Balaban J connectivity index is 0.00000256. The molecule has 0 aromatic rings. The second kappa shape index (κ2) is 10.1. The maximum Gasteiger partial charge on any atom is 0.191 e. The van der Waals surface area contributed by atoms with E-state index in [1.165, 1.54) is 19.3 Å². The molecule has 2 N–H and O–H groups in total. The molecule has 0 spiro atoms. The predicted molar refractivity (Wildman–Crippen MR) is 89.7 cm³/mol. The van der Waals surface area contributed by atoms with Crippen LogP contribution in [0.2, 0.25) is 0 Å². The van der Waals surface area contributed by atoms with Crippen LogP contribution in [0.25, 0.3) is 0 Å². The number of nitrogens with one attached hydrogen (secondary N) is 2. The lowest BCUT2D eigenvalue weighted by atomic mass is 10.2. The minimum atomic E-state index is 0. The Bertz CT molecular complexity index is 246. The van der Waals surface area contributed by atoms with Crippen LogP contribution in [0, 0.1) is 0 Å². The van der Waals surface area contributed by atoms with E-state index < -0.39 is 0 Å². The summed E-state index contributed by atoms with van der Waals surface area (Å²) >= 11 is 1.98. The Morgan fingerprint density at radius 2 is 2.29 bits per heavy atom. The Morgan fingerprint density at radius 3 is 2.82 bits per heavy atom. The number of thioether (sulfide) groups is 1. The first kappa shape index (κ1) is 17.1. The average Bonchev–Trinajstić information content (AvgIpc) is 2.74. The monoisotopic (exact) mass is 369 g/mol. The molecule has 1 aliphatic rings. The highest BCUT2D eigenvalue weighted by Gasteiger charge is 2.24. The first-order valence-corrected chi connectivity index (χ1v) is 7.27. The summed E-state index contributed by atoms with van der Waals surface area (Å²) in [5, 5.41) is 7.57. The molecule has 2 unspecified atom stereocenters. The zero-order valence-corrected chi connectivity index (χ0v) is 13.9. The number of halogens is 1. The second-order valence-electron chi connectivity index (χ2n) is 4.02. The summed E-state index contributed by atoms with van der Waals surface area (Å²) in [6.45, 7) is 7.35. The molecule has 100 valence electrons. The van der Waals surface area contributed by atoms with Crippen LogP contribution < -0.4 is 10.6 Å². The van der Waals surface area contributed by atoms with Gasteiger partial charge >= 0.3 is 0 Å². The molecule has 0 aliphatic heterocycles. The number of hydrogen-bond acceptors (Lipinski definition) is 2. The summed E-state index contributed by atoms with van der Waals surface area (Å²) < 4.78 is 0. The predicted octanol–water partition coefficient (Wildman–Crippen LogP) is 2.63. The van der Waals surface area contributed by atoms with Crippen LogP contribution in [0.5, 0.6) is 0 Å². The van der Waals surface area contributed by atoms with Crippen molar-refractivity contribution in [3.63, 3.8) is 0 Å². The van der Waals surface area contributed by atoms with Gasteiger partial charge in [0.15, 0.2) is 5.96 Å². The van der Waals surface area contributed by atoms with Crippen molar-refractivity contribution in [2.24, 2.45) is 4.99 Å². The topological polar surface area (TPSA) is 36.4 Å². The third kappa shape index (κ3) is 6.55. The Morgan fingerprint density at radius 1 is 1.53 bits per heavy atom. The molecule has 0 radical (unpaired) electrons.